The van der Waals surface area contributed by atoms with Crippen LogP contribution in [0.3, 0.4) is 0 Å². The first-order valence-electron chi connectivity index (χ1n) is 8.35. The normalized spacial score (nSPS) is 29.9. The van der Waals surface area contributed by atoms with Crippen molar-refractivity contribution in [1.29, 1.82) is 0 Å². The Bertz CT molecular complexity index is 764. The van der Waals surface area contributed by atoms with Gasteiger partial charge in [-0.15, -0.1) is 0 Å². The van der Waals surface area contributed by atoms with Crippen LogP contribution in [-0.2, 0) is 4.74 Å². The first kappa shape index (κ1) is 16.5. The molecule has 25 heavy (non-hydrogen) atoms. The number of aromatic amines is 1. The van der Waals surface area contributed by atoms with Gasteiger partial charge in [-0.3, -0.25) is 5.10 Å². The van der Waals surface area contributed by atoms with Gasteiger partial charge >= 0.3 is 6.01 Å². The molecule has 1 saturated carbocycles. The van der Waals surface area contributed by atoms with E-state index < -0.39 is 31.0 Å². The molecule has 6 N–H and O–H groups in total. The van der Waals surface area contributed by atoms with Crippen LogP contribution >= 0.6 is 0 Å². The van der Waals surface area contributed by atoms with Crippen LogP contribution in [0.1, 0.15) is 31.1 Å². The summed E-state index contributed by atoms with van der Waals surface area (Å²) in [7, 11) is 0. The SMILES string of the molecule is Nc1nc(OCC2CCC2)nc2c([C@@H]3O[C@H](CO)[C@@H](O)[C@H]3O)[nH]nc12. The Balaban J connectivity index is 1.64. The van der Waals surface area contributed by atoms with Gasteiger partial charge in [0.1, 0.15) is 29.9 Å². The summed E-state index contributed by atoms with van der Waals surface area (Å²) in [5.74, 6) is 0.674. The molecule has 1 aliphatic carbocycles. The lowest BCUT2D eigenvalue weighted by Gasteiger charge is -2.24. The van der Waals surface area contributed by atoms with E-state index in [0.29, 0.717) is 29.3 Å². The Kier molecular flexibility index (Phi) is 4.20. The van der Waals surface area contributed by atoms with Gasteiger partial charge in [0.25, 0.3) is 0 Å². The first-order chi connectivity index (χ1) is 12.1. The number of nitrogens with zero attached hydrogens (tertiary/aromatic N) is 3. The molecule has 4 rings (SSSR count). The van der Waals surface area contributed by atoms with Crippen LogP contribution in [0.25, 0.3) is 11.0 Å². The number of aromatic nitrogens is 4. The lowest BCUT2D eigenvalue weighted by molar-refractivity contribution is -0.0236. The first-order valence-corrected chi connectivity index (χ1v) is 8.35. The molecule has 0 aromatic carbocycles. The number of hydrogen-bond acceptors (Lipinski definition) is 9. The molecule has 0 unspecified atom stereocenters. The topological polar surface area (TPSA) is 160 Å². The Morgan fingerprint density at radius 3 is 2.64 bits per heavy atom. The molecule has 0 radical (unpaired) electrons. The number of ether oxygens (including phenoxy) is 2. The van der Waals surface area contributed by atoms with Crippen molar-refractivity contribution in [2.75, 3.05) is 18.9 Å². The summed E-state index contributed by atoms with van der Waals surface area (Å²) in [4.78, 5) is 8.44. The van der Waals surface area contributed by atoms with Crippen molar-refractivity contribution < 1.29 is 24.8 Å². The van der Waals surface area contributed by atoms with Crippen molar-refractivity contribution in [2.24, 2.45) is 5.92 Å². The molecule has 2 fully saturated rings. The zero-order valence-corrected chi connectivity index (χ0v) is 13.5. The predicted molar refractivity (Wildman–Crippen MR) is 85.6 cm³/mol. The highest BCUT2D eigenvalue weighted by atomic mass is 16.6. The van der Waals surface area contributed by atoms with E-state index in [1.54, 1.807) is 0 Å². The van der Waals surface area contributed by atoms with Crippen LogP contribution in [0.15, 0.2) is 0 Å². The van der Waals surface area contributed by atoms with Gasteiger partial charge in [0.2, 0.25) is 0 Å². The summed E-state index contributed by atoms with van der Waals surface area (Å²) in [6.45, 7) is 0.125. The van der Waals surface area contributed by atoms with Crippen molar-refractivity contribution in [3.63, 3.8) is 0 Å². The molecule has 10 nitrogen and oxygen atoms in total. The Hall–Kier alpha value is -2.01. The van der Waals surface area contributed by atoms with E-state index in [4.69, 9.17) is 15.2 Å². The second-order valence-electron chi connectivity index (χ2n) is 6.59. The fourth-order valence-corrected chi connectivity index (χ4v) is 3.17. The molecule has 1 saturated heterocycles. The maximum atomic E-state index is 10.2. The molecular formula is C15H21N5O5. The van der Waals surface area contributed by atoms with Crippen molar-refractivity contribution in [3.8, 4) is 6.01 Å². The van der Waals surface area contributed by atoms with Crippen LogP contribution < -0.4 is 10.5 Å². The highest BCUT2D eigenvalue weighted by Gasteiger charge is 2.44. The highest BCUT2D eigenvalue weighted by molar-refractivity contribution is 5.86. The van der Waals surface area contributed by atoms with E-state index in [1.165, 1.54) is 6.42 Å². The van der Waals surface area contributed by atoms with E-state index in [-0.39, 0.29) is 11.8 Å². The van der Waals surface area contributed by atoms with E-state index in [9.17, 15) is 15.3 Å². The molecule has 136 valence electrons. The minimum Gasteiger partial charge on any atom is -0.463 e. The maximum absolute atomic E-state index is 10.2. The summed E-state index contributed by atoms with van der Waals surface area (Å²) in [5.41, 5.74) is 7.00. The number of aliphatic hydroxyl groups excluding tert-OH is 3. The van der Waals surface area contributed by atoms with Gasteiger partial charge in [0.05, 0.1) is 18.9 Å². The fraction of sp³-hybridized carbons (Fsp3) is 0.667. The summed E-state index contributed by atoms with van der Waals surface area (Å²) in [6, 6.07) is 0.145. The Labute approximate surface area is 143 Å². The van der Waals surface area contributed by atoms with E-state index >= 15 is 0 Å². The van der Waals surface area contributed by atoms with Crippen LogP contribution in [0.4, 0.5) is 5.82 Å². The quantitative estimate of drug-likeness (QED) is 0.468. The molecular weight excluding hydrogens is 330 g/mol. The number of H-pyrrole nitrogens is 1. The number of hydrogen-bond donors (Lipinski definition) is 5. The summed E-state index contributed by atoms with van der Waals surface area (Å²) in [6.07, 6.45) is -0.738. The second kappa shape index (κ2) is 6.37. The van der Waals surface area contributed by atoms with Crippen molar-refractivity contribution in [3.05, 3.63) is 5.69 Å². The Morgan fingerprint density at radius 1 is 1.20 bits per heavy atom. The molecule has 0 amide bonds. The zero-order chi connectivity index (χ0) is 17.6. The number of anilines is 1. The van der Waals surface area contributed by atoms with Gasteiger partial charge in [0, 0.05) is 0 Å². The second-order valence-corrected chi connectivity index (χ2v) is 6.59. The molecule has 2 aromatic rings. The number of fused-ring (bicyclic) bond motifs is 1. The summed E-state index contributed by atoms with van der Waals surface area (Å²) < 4.78 is 11.2. The van der Waals surface area contributed by atoms with Gasteiger partial charge in [-0.05, 0) is 18.8 Å². The molecule has 0 spiro atoms. The number of nitrogen functional groups attached to an aromatic ring is 1. The van der Waals surface area contributed by atoms with Gasteiger partial charge < -0.3 is 30.5 Å². The third-order valence-electron chi connectivity index (χ3n) is 4.93. The van der Waals surface area contributed by atoms with Crippen LogP contribution in [0.2, 0.25) is 0 Å². The Morgan fingerprint density at radius 2 is 2.00 bits per heavy atom. The van der Waals surface area contributed by atoms with Gasteiger partial charge in [0.15, 0.2) is 11.3 Å². The fourth-order valence-electron chi connectivity index (χ4n) is 3.17. The average molecular weight is 351 g/mol. The molecule has 1 aliphatic heterocycles. The van der Waals surface area contributed by atoms with Crippen LogP contribution in [0, 0.1) is 5.92 Å². The molecule has 2 aliphatic rings. The number of aliphatic hydroxyl groups is 3. The number of rotatable bonds is 5. The van der Waals surface area contributed by atoms with E-state index in [1.807, 2.05) is 0 Å². The van der Waals surface area contributed by atoms with E-state index in [0.717, 1.165) is 12.8 Å². The lowest BCUT2D eigenvalue weighted by Crippen LogP contribution is -2.32. The smallest absolute Gasteiger partial charge is 0.319 e. The van der Waals surface area contributed by atoms with Crippen LogP contribution in [0.5, 0.6) is 6.01 Å². The van der Waals surface area contributed by atoms with Crippen molar-refractivity contribution in [1.82, 2.24) is 20.2 Å². The molecule has 2 aromatic heterocycles. The van der Waals surface area contributed by atoms with Gasteiger partial charge in [-0.25, -0.2) is 0 Å². The van der Waals surface area contributed by atoms with Crippen molar-refractivity contribution >= 4 is 16.9 Å². The summed E-state index contributed by atoms with van der Waals surface area (Å²) >= 11 is 0. The zero-order valence-electron chi connectivity index (χ0n) is 13.5. The summed E-state index contributed by atoms with van der Waals surface area (Å²) in [5, 5.41) is 36.2. The maximum Gasteiger partial charge on any atom is 0.319 e. The molecule has 4 atom stereocenters. The monoisotopic (exact) mass is 351 g/mol. The minimum atomic E-state index is -1.23. The molecule has 10 heteroatoms. The number of nitrogens with two attached hydrogens (primary N) is 1. The predicted octanol–water partition coefficient (Wildman–Crippen LogP) is -0.732. The number of nitrogens with one attached hydrogen (secondary N) is 1. The lowest BCUT2D eigenvalue weighted by atomic mass is 9.86. The molecule has 3 heterocycles. The van der Waals surface area contributed by atoms with Crippen LogP contribution in [-0.4, -0.2) is 67.0 Å². The van der Waals surface area contributed by atoms with Crippen molar-refractivity contribution in [2.45, 2.75) is 43.7 Å². The van der Waals surface area contributed by atoms with Gasteiger partial charge in [-0.2, -0.15) is 15.1 Å². The average Bonchev–Trinajstić information content (AvgIpc) is 3.09. The van der Waals surface area contributed by atoms with Gasteiger partial charge in [-0.1, -0.05) is 6.42 Å². The molecule has 0 bridgehead atoms. The van der Waals surface area contributed by atoms with E-state index in [2.05, 4.69) is 20.2 Å². The standard InChI is InChI=1S/C15H21N5O5/c16-14-10-8(17-15(18-14)24-5-6-2-1-3-6)9(19-20-10)13-12(23)11(22)7(4-21)25-13/h6-7,11-13,21-23H,1-5H2,(H,19,20)(H2,16,17,18)/t7-,11-,12-,13+/m1/s1. The largest absolute Gasteiger partial charge is 0.463 e. The highest BCUT2D eigenvalue weighted by Crippen LogP contribution is 2.36. The third-order valence-corrected chi connectivity index (χ3v) is 4.93. The third kappa shape index (κ3) is 2.80. The minimum absolute atomic E-state index is 0.145.